The Morgan fingerprint density at radius 1 is 1.00 bits per heavy atom. The third-order valence-electron chi connectivity index (χ3n) is 3.57. The molecule has 1 amide bonds. The molecule has 0 fully saturated rings. The maximum atomic E-state index is 12.4. The molecule has 0 aliphatic rings. The molecule has 1 heterocycles. The van der Waals surface area contributed by atoms with Crippen LogP contribution in [-0.4, -0.2) is 19.0 Å². The van der Waals surface area contributed by atoms with Crippen LogP contribution in [0.3, 0.4) is 0 Å². The van der Waals surface area contributed by atoms with Gasteiger partial charge in [0, 0.05) is 5.56 Å². The Kier molecular flexibility index (Phi) is 5.66. The summed E-state index contributed by atoms with van der Waals surface area (Å²) in [6.45, 7) is 0.430. The molecule has 0 unspecified atom stereocenters. The normalized spacial score (nSPS) is 10.2. The van der Waals surface area contributed by atoms with Crippen molar-refractivity contribution in [3.8, 4) is 5.75 Å². The highest BCUT2D eigenvalue weighted by Gasteiger charge is 2.12. The molecule has 0 atom stereocenters. The molecule has 0 radical (unpaired) electrons. The largest absolute Gasteiger partial charge is 0.489 e. The average molecular weight is 367 g/mol. The van der Waals surface area contributed by atoms with E-state index in [1.807, 2.05) is 30.3 Å². The molecule has 1 aromatic heterocycles. The molecular formula is C20H17NO4S. The van der Waals surface area contributed by atoms with E-state index in [0.29, 0.717) is 27.8 Å². The first-order valence-corrected chi connectivity index (χ1v) is 8.73. The smallest absolute Gasteiger partial charge is 0.348 e. The summed E-state index contributed by atoms with van der Waals surface area (Å²) < 4.78 is 10.4. The number of hydrogen-bond donors (Lipinski definition) is 1. The van der Waals surface area contributed by atoms with E-state index in [1.165, 1.54) is 7.11 Å². The predicted octanol–water partition coefficient (Wildman–Crippen LogP) is 4.37. The van der Waals surface area contributed by atoms with Crippen LogP contribution < -0.4 is 10.1 Å². The van der Waals surface area contributed by atoms with Crippen LogP contribution in [0.5, 0.6) is 5.75 Å². The maximum Gasteiger partial charge on any atom is 0.348 e. The van der Waals surface area contributed by atoms with E-state index >= 15 is 0 Å². The molecule has 132 valence electrons. The average Bonchev–Trinajstić information content (AvgIpc) is 3.15. The number of benzene rings is 2. The first-order chi connectivity index (χ1) is 12.7. The molecule has 3 aromatic rings. The van der Waals surface area contributed by atoms with E-state index in [2.05, 4.69) is 10.1 Å². The van der Waals surface area contributed by atoms with Crippen molar-refractivity contribution >= 4 is 28.2 Å². The van der Waals surface area contributed by atoms with Crippen molar-refractivity contribution in [2.45, 2.75) is 6.61 Å². The van der Waals surface area contributed by atoms with Gasteiger partial charge in [-0.15, -0.1) is 11.3 Å². The standard InChI is InChI=1S/C20H17NO4S/c1-24-20(23)17-10-11-18(26-17)21-19(22)15-8-5-9-16(12-15)25-13-14-6-3-2-4-7-14/h2-12H,13H2,1H3,(H,21,22). The molecule has 26 heavy (non-hydrogen) atoms. The van der Waals surface area contributed by atoms with E-state index in [4.69, 9.17) is 4.74 Å². The zero-order chi connectivity index (χ0) is 18.4. The lowest BCUT2D eigenvalue weighted by atomic mass is 10.2. The summed E-state index contributed by atoms with van der Waals surface area (Å²) in [6.07, 6.45) is 0. The summed E-state index contributed by atoms with van der Waals surface area (Å²) in [5.41, 5.74) is 1.53. The Morgan fingerprint density at radius 3 is 2.58 bits per heavy atom. The molecule has 2 aromatic carbocycles. The van der Waals surface area contributed by atoms with Gasteiger partial charge in [0.2, 0.25) is 0 Å². The fourth-order valence-corrected chi connectivity index (χ4v) is 3.09. The number of methoxy groups -OCH3 is 1. The molecule has 6 heteroatoms. The molecular weight excluding hydrogens is 350 g/mol. The van der Waals surface area contributed by atoms with Crippen LogP contribution in [0, 0.1) is 0 Å². The van der Waals surface area contributed by atoms with Gasteiger partial charge in [0.1, 0.15) is 17.2 Å². The van der Waals surface area contributed by atoms with Crippen molar-refractivity contribution in [2.24, 2.45) is 0 Å². The van der Waals surface area contributed by atoms with Gasteiger partial charge >= 0.3 is 5.97 Å². The quantitative estimate of drug-likeness (QED) is 0.657. The minimum absolute atomic E-state index is 0.270. The number of thiophene rings is 1. The monoisotopic (exact) mass is 367 g/mol. The number of carbonyl (C=O) groups is 2. The lowest BCUT2D eigenvalue weighted by molar-refractivity contribution is 0.0606. The second-order valence-corrected chi connectivity index (χ2v) is 6.50. The molecule has 0 bridgehead atoms. The van der Waals surface area contributed by atoms with Crippen molar-refractivity contribution in [1.82, 2.24) is 0 Å². The minimum Gasteiger partial charge on any atom is -0.489 e. The Balaban J connectivity index is 1.64. The molecule has 5 nitrogen and oxygen atoms in total. The zero-order valence-corrected chi connectivity index (χ0v) is 14.9. The van der Waals surface area contributed by atoms with Gasteiger partial charge in [-0.3, -0.25) is 4.79 Å². The number of esters is 1. The number of anilines is 1. The van der Waals surface area contributed by atoms with E-state index in [1.54, 1.807) is 36.4 Å². The van der Waals surface area contributed by atoms with Gasteiger partial charge in [-0.1, -0.05) is 36.4 Å². The van der Waals surface area contributed by atoms with E-state index < -0.39 is 5.97 Å². The van der Waals surface area contributed by atoms with E-state index in [0.717, 1.165) is 16.9 Å². The summed E-state index contributed by atoms with van der Waals surface area (Å²) >= 11 is 1.16. The number of nitrogens with one attached hydrogen (secondary N) is 1. The maximum absolute atomic E-state index is 12.4. The number of ether oxygens (including phenoxy) is 2. The summed E-state index contributed by atoms with van der Waals surface area (Å²) in [4.78, 5) is 24.3. The Hall–Kier alpha value is -3.12. The van der Waals surface area contributed by atoms with Crippen molar-refractivity contribution in [3.05, 3.63) is 82.7 Å². The zero-order valence-electron chi connectivity index (χ0n) is 14.1. The van der Waals surface area contributed by atoms with Crippen LogP contribution in [0.4, 0.5) is 5.00 Å². The molecule has 0 aliphatic carbocycles. The fraction of sp³-hybridized carbons (Fsp3) is 0.100. The highest BCUT2D eigenvalue weighted by atomic mass is 32.1. The first kappa shape index (κ1) is 17.7. The molecule has 1 N–H and O–H groups in total. The number of hydrogen-bond acceptors (Lipinski definition) is 5. The lowest BCUT2D eigenvalue weighted by Gasteiger charge is -2.08. The Labute approximate surface area is 155 Å². The molecule has 3 rings (SSSR count). The molecule has 0 saturated carbocycles. The van der Waals surface area contributed by atoms with Crippen molar-refractivity contribution in [2.75, 3.05) is 12.4 Å². The van der Waals surface area contributed by atoms with Crippen LogP contribution in [0.25, 0.3) is 0 Å². The van der Waals surface area contributed by atoms with Crippen LogP contribution in [0.2, 0.25) is 0 Å². The topological polar surface area (TPSA) is 64.6 Å². The van der Waals surface area contributed by atoms with Crippen LogP contribution in [0.1, 0.15) is 25.6 Å². The number of amides is 1. The third-order valence-corrected chi connectivity index (χ3v) is 4.55. The van der Waals surface area contributed by atoms with Gasteiger partial charge in [-0.25, -0.2) is 4.79 Å². The van der Waals surface area contributed by atoms with Crippen molar-refractivity contribution < 1.29 is 19.1 Å². The number of rotatable bonds is 6. The van der Waals surface area contributed by atoms with Crippen LogP contribution in [0.15, 0.2) is 66.7 Å². The fourth-order valence-electron chi connectivity index (χ4n) is 2.27. The second-order valence-electron chi connectivity index (χ2n) is 5.41. The molecule has 0 saturated heterocycles. The summed E-state index contributed by atoms with van der Waals surface area (Å²) in [5.74, 6) is -0.0804. The van der Waals surface area contributed by atoms with Crippen LogP contribution in [-0.2, 0) is 11.3 Å². The minimum atomic E-state index is -0.424. The Bertz CT molecular complexity index is 905. The van der Waals surface area contributed by atoms with Gasteiger partial charge in [0.15, 0.2) is 0 Å². The Morgan fingerprint density at radius 2 is 1.81 bits per heavy atom. The van der Waals surface area contributed by atoms with Gasteiger partial charge < -0.3 is 14.8 Å². The van der Waals surface area contributed by atoms with Gasteiger partial charge in [-0.05, 0) is 35.9 Å². The van der Waals surface area contributed by atoms with Gasteiger partial charge in [0.05, 0.1) is 12.1 Å². The summed E-state index contributed by atoms with van der Waals surface area (Å²) in [6, 6.07) is 20.1. The van der Waals surface area contributed by atoms with Gasteiger partial charge in [0.25, 0.3) is 5.91 Å². The predicted molar refractivity (Wildman–Crippen MR) is 101 cm³/mol. The van der Waals surface area contributed by atoms with Crippen molar-refractivity contribution in [3.63, 3.8) is 0 Å². The second kappa shape index (κ2) is 8.31. The SMILES string of the molecule is COC(=O)c1ccc(NC(=O)c2cccc(OCc3ccccc3)c2)s1. The number of carbonyl (C=O) groups excluding carboxylic acids is 2. The highest BCUT2D eigenvalue weighted by molar-refractivity contribution is 7.18. The van der Waals surface area contributed by atoms with Crippen LogP contribution >= 0.6 is 11.3 Å². The lowest BCUT2D eigenvalue weighted by Crippen LogP contribution is -2.11. The molecule has 0 spiro atoms. The van der Waals surface area contributed by atoms with E-state index in [9.17, 15) is 9.59 Å². The summed E-state index contributed by atoms with van der Waals surface area (Å²) in [7, 11) is 1.32. The van der Waals surface area contributed by atoms with Crippen molar-refractivity contribution in [1.29, 1.82) is 0 Å². The first-order valence-electron chi connectivity index (χ1n) is 7.92. The van der Waals surface area contributed by atoms with E-state index in [-0.39, 0.29) is 5.91 Å². The molecule has 0 aliphatic heterocycles. The third kappa shape index (κ3) is 4.49. The highest BCUT2D eigenvalue weighted by Crippen LogP contribution is 2.24. The summed E-state index contributed by atoms with van der Waals surface area (Å²) in [5, 5.41) is 3.35. The van der Waals surface area contributed by atoms with Gasteiger partial charge in [-0.2, -0.15) is 0 Å².